The quantitative estimate of drug-likeness (QED) is 0.324. The van der Waals surface area contributed by atoms with Crippen molar-refractivity contribution in [2.75, 3.05) is 0 Å². The maximum Gasteiger partial charge on any atom is 0.166 e. The Labute approximate surface area is 154 Å². The molecule has 2 aliphatic carbocycles. The lowest BCUT2D eigenvalue weighted by molar-refractivity contribution is 0.476. The molecule has 0 radical (unpaired) electrons. The highest BCUT2D eigenvalue weighted by atomic mass is 35.5. The van der Waals surface area contributed by atoms with E-state index in [1.807, 2.05) is 0 Å². The summed E-state index contributed by atoms with van der Waals surface area (Å²) in [5.41, 5.74) is 0. The minimum absolute atomic E-state index is 0.176. The first kappa shape index (κ1) is 17.9. The molecule has 0 N–H and O–H groups in total. The Hall–Kier alpha value is 0.530. The van der Waals surface area contributed by atoms with Crippen molar-refractivity contribution in [2.45, 2.75) is 46.2 Å². The van der Waals surface area contributed by atoms with Crippen molar-refractivity contribution in [3.63, 3.8) is 0 Å². The minimum atomic E-state index is -1.47. The number of hydrogen-bond donors (Lipinski definition) is 0. The molecule has 1 fully saturated rings. The molecule has 0 heterocycles. The number of fused-ring (bicyclic) bond motifs is 2. The third-order valence-corrected chi connectivity index (χ3v) is 8.29. The molecule has 0 aromatic carbocycles. The smallest absolute Gasteiger partial charge is 0.166 e. The molecule has 2 rings (SSSR count). The van der Waals surface area contributed by atoms with E-state index in [2.05, 4.69) is 17.9 Å². The molecule has 0 saturated heterocycles. The van der Waals surface area contributed by atoms with Gasteiger partial charge in [-0.2, -0.15) is 5.26 Å². The molecule has 114 valence electrons. The van der Waals surface area contributed by atoms with Crippen LogP contribution in [0, 0.1) is 29.1 Å². The summed E-state index contributed by atoms with van der Waals surface area (Å²) in [5, 5.41) is 8.89. The second kappa shape index (κ2) is 6.20. The zero-order chi connectivity index (χ0) is 15.9. The van der Waals surface area contributed by atoms with Crippen molar-refractivity contribution in [2.24, 2.45) is 5.92 Å². The molecule has 21 heavy (non-hydrogen) atoms. The second-order valence-electron chi connectivity index (χ2n) is 5.19. The van der Waals surface area contributed by atoms with Crippen molar-refractivity contribution >= 4 is 69.6 Å². The van der Waals surface area contributed by atoms with Gasteiger partial charge >= 0.3 is 0 Å². The van der Waals surface area contributed by atoms with Gasteiger partial charge in [0.2, 0.25) is 0 Å². The van der Waals surface area contributed by atoms with Crippen molar-refractivity contribution < 1.29 is 0 Å². The van der Waals surface area contributed by atoms with Gasteiger partial charge in [-0.1, -0.05) is 46.4 Å². The zero-order valence-corrected chi connectivity index (χ0v) is 15.4. The lowest BCUT2D eigenvalue weighted by Gasteiger charge is -2.33. The van der Waals surface area contributed by atoms with Gasteiger partial charge in [-0.15, -0.1) is 35.0 Å². The van der Waals surface area contributed by atoms with Crippen LogP contribution in [0.4, 0.5) is 0 Å². The maximum atomic E-state index is 8.45. The van der Waals surface area contributed by atoms with Gasteiger partial charge in [0.15, 0.2) is 4.33 Å². The summed E-state index contributed by atoms with van der Waals surface area (Å²) in [6.07, 6.45) is 2.82. The van der Waals surface area contributed by atoms with Crippen LogP contribution >= 0.6 is 69.6 Å². The third kappa shape index (κ3) is 2.46. The molecule has 1 nitrogen and oxygen atoms in total. The Morgan fingerprint density at radius 3 is 2.24 bits per heavy atom. The van der Waals surface area contributed by atoms with Gasteiger partial charge in [0, 0.05) is 19.3 Å². The Morgan fingerprint density at radius 2 is 1.71 bits per heavy atom. The summed E-state index contributed by atoms with van der Waals surface area (Å²) < 4.78 is -1.47. The number of hydrogen-bond acceptors (Lipinski definition) is 1. The standard InChI is InChI=1S/C14H11Cl6N/c15-10-11(16)13(18)9(6-4-2-1-3-5-7-21)8-12(10,17)14(13,19)20/h9H,1,3,5-6,8H2/t9-,12+,13-/m1/s1. The number of nitriles is 1. The monoisotopic (exact) mass is 403 g/mol. The van der Waals surface area contributed by atoms with E-state index in [-0.39, 0.29) is 16.0 Å². The van der Waals surface area contributed by atoms with Crippen LogP contribution < -0.4 is 0 Å². The molecule has 0 aromatic rings. The molecule has 2 aliphatic rings. The molecule has 0 amide bonds. The normalized spacial score (nSPS) is 36.3. The SMILES string of the molecule is N#CCCCC#CC[C@@H]1C[C@]2(Cl)C(Cl)=C(Cl)[C@@]1(Cl)C2(Cl)Cl. The van der Waals surface area contributed by atoms with E-state index in [0.29, 0.717) is 25.7 Å². The minimum Gasteiger partial charge on any atom is -0.198 e. The van der Waals surface area contributed by atoms with Crippen molar-refractivity contribution in [3.05, 3.63) is 10.1 Å². The number of halogens is 6. The van der Waals surface area contributed by atoms with Crippen LogP contribution in [-0.4, -0.2) is 14.1 Å². The van der Waals surface area contributed by atoms with Gasteiger partial charge in [0.25, 0.3) is 0 Å². The second-order valence-corrected chi connectivity index (χ2v) is 8.51. The largest absolute Gasteiger partial charge is 0.198 e. The van der Waals surface area contributed by atoms with E-state index in [9.17, 15) is 0 Å². The molecular formula is C14H11Cl6N. The van der Waals surface area contributed by atoms with Crippen LogP contribution in [0.1, 0.15) is 32.1 Å². The highest BCUT2D eigenvalue weighted by molar-refractivity contribution is 6.65. The lowest BCUT2D eigenvalue weighted by atomic mass is 9.89. The molecule has 7 heteroatoms. The van der Waals surface area contributed by atoms with Crippen LogP contribution in [0.2, 0.25) is 0 Å². The summed E-state index contributed by atoms with van der Waals surface area (Å²) in [5.74, 6) is 5.88. The van der Waals surface area contributed by atoms with Crippen LogP contribution in [-0.2, 0) is 0 Å². The van der Waals surface area contributed by atoms with Crippen LogP contribution in [0.5, 0.6) is 0 Å². The molecular weight excluding hydrogens is 395 g/mol. The Morgan fingerprint density at radius 1 is 1.05 bits per heavy atom. The van der Waals surface area contributed by atoms with Crippen molar-refractivity contribution in [1.82, 2.24) is 0 Å². The van der Waals surface area contributed by atoms with Crippen LogP contribution in [0.15, 0.2) is 10.1 Å². The van der Waals surface area contributed by atoms with Gasteiger partial charge in [0.05, 0.1) is 16.1 Å². The molecule has 0 aliphatic heterocycles. The Kier molecular flexibility index (Phi) is 5.28. The molecule has 3 atom stereocenters. The van der Waals surface area contributed by atoms with Gasteiger partial charge in [0.1, 0.15) is 9.75 Å². The van der Waals surface area contributed by atoms with E-state index in [1.165, 1.54) is 0 Å². The first-order valence-electron chi connectivity index (χ1n) is 6.38. The number of alkyl halides is 4. The van der Waals surface area contributed by atoms with E-state index >= 15 is 0 Å². The predicted molar refractivity (Wildman–Crippen MR) is 90.3 cm³/mol. The highest BCUT2D eigenvalue weighted by Crippen LogP contribution is 2.74. The van der Waals surface area contributed by atoms with E-state index < -0.39 is 14.1 Å². The van der Waals surface area contributed by atoms with E-state index in [1.54, 1.807) is 0 Å². The summed E-state index contributed by atoms with van der Waals surface area (Å²) in [4.78, 5) is -2.37. The van der Waals surface area contributed by atoms with Crippen LogP contribution in [0.25, 0.3) is 0 Å². The third-order valence-electron chi connectivity index (χ3n) is 3.97. The van der Waals surface area contributed by atoms with Gasteiger partial charge in [-0.25, -0.2) is 0 Å². The van der Waals surface area contributed by atoms with Gasteiger partial charge in [-0.3, -0.25) is 0 Å². The summed E-state index contributed by atoms with van der Waals surface area (Å²) >= 11 is 38.3. The maximum absolute atomic E-state index is 8.45. The number of unbranched alkanes of at least 4 members (excludes halogenated alkanes) is 2. The fourth-order valence-corrected chi connectivity index (χ4v) is 5.63. The Balaban J connectivity index is 2.14. The molecule has 0 unspecified atom stereocenters. The molecule has 1 saturated carbocycles. The predicted octanol–water partition coefficient (Wildman–Crippen LogP) is 5.93. The van der Waals surface area contributed by atoms with Crippen molar-refractivity contribution in [1.29, 1.82) is 5.26 Å². The summed E-state index contributed by atoms with van der Waals surface area (Å²) in [6, 6.07) is 2.07. The van der Waals surface area contributed by atoms with Gasteiger partial charge < -0.3 is 0 Å². The highest BCUT2D eigenvalue weighted by Gasteiger charge is 2.77. The zero-order valence-electron chi connectivity index (χ0n) is 10.8. The average Bonchev–Trinajstić information content (AvgIpc) is 2.65. The first-order chi connectivity index (χ1) is 9.73. The lowest BCUT2D eigenvalue weighted by Crippen LogP contribution is -2.44. The van der Waals surface area contributed by atoms with Crippen molar-refractivity contribution in [3.8, 4) is 17.9 Å². The van der Waals surface area contributed by atoms with E-state index in [0.717, 1.165) is 6.42 Å². The molecule has 2 bridgehead atoms. The average molecular weight is 406 g/mol. The Bertz CT molecular complexity index is 580. The molecule has 0 spiro atoms. The van der Waals surface area contributed by atoms with E-state index in [4.69, 9.17) is 74.9 Å². The fourth-order valence-electron chi connectivity index (χ4n) is 2.78. The first-order valence-corrected chi connectivity index (χ1v) is 8.64. The summed E-state index contributed by atoms with van der Waals surface area (Å²) in [6.45, 7) is 0. The summed E-state index contributed by atoms with van der Waals surface area (Å²) in [7, 11) is 0. The van der Waals surface area contributed by atoms with Crippen LogP contribution in [0.3, 0.4) is 0 Å². The fraction of sp³-hybridized carbons (Fsp3) is 0.643. The topological polar surface area (TPSA) is 23.8 Å². The number of rotatable bonds is 3. The number of nitrogens with zero attached hydrogens (tertiary/aromatic N) is 1. The number of allylic oxidation sites excluding steroid dienone is 2. The van der Waals surface area contributed by atoms with Gasteiger partial charge in [-0.05, 0) is 18.8 Å². The molecule has 0 aromatic heterocycles.